The van der Waals surface area contributed by atoms with Crippen LogP contribution < -0.4 is 0 Å². The maximum absolute atomic E-state index is 6.41. The summed E-state index contributed by atoms with van der Waals surface area (Å²) in [6.07, 6.45) is 6.14. The molecule has 1 aliphatic rings. The number of hydrogen-bond donors (Lipinski definition) is 0. The monoisotopic (exact) mass is 265 g/mol. The molecule has 0 bridgehead atoms. The van der Waals surface area contributed by atoms with Gasteiger partial charge in [0.2, 0.25) is 0 Å². The van der Waals surface area contributed by atoms with Crippen molar-refractivity contribution in [2.24, 2.45) is 5.92 Å². The van der Waals surface area contributed by atoms with E-state index in [4.69, 9.17) is 16.6 Å². The van der Waals surface area contributed by atoms with E-state index >= 15 is 0 Å². The second kappa shape index (κ2) is 4.95. The highest BCUT2D eigenvalue weighted by molar-refractivity contribution is 7.18. The highest BCUT2D eigenvalue weighted by atomic mass is 35.5. The fourth-order valence-corrected chi connectivity index (χ4v) is 4.05. The van der Waals surface area contributed by atoms with Crippen molar-refractivity contribution in [3.05, 3.63) is 29.3 Å². The lowest BCUT2D eigenvalue weighted by atomic mass is 9.87. The lowest BCUT2D eigenvalue weighted by molar-refractivity contribution is 0.363. The Bertz CT molecular complexity index is 475. The number of fused-ring (bicyclic) bond motifs is 1. The maximum atomic E-state index is 6.41. The summed E-state index contributed by atoms with van der Waals surface area (Å²) in [5.74, 6) is 0.631. The van der Waals surface area contributed by atoms with Crippen molar-refractivity contribution in [2.45, 2.75) is 37.5 Å². The molecule has 2 atom stereocenters. The van der Waals surface area contributed by atoms with Gasteiger partial charge in [-0.1, -0.05) is 25.0 Å². The molecule has 1 aromatic heterocycles. The van der Waals surface area contributed by atoms with Gasteiger partial charge in [-0.15, -0.1) is 22.9 Å². The molecule has 2 unspecified atom stereocenters. The van der Waals surface area contributed by atoms with E-state index in [0.717, 1.165) is 11.9 Å². The van der Waals surface area contributed by atoms with E-state index in [-0.39, 0.29) is 0 Å². The van der Waals surface area contributed by atoms with Crippen molar-refractivity contribution in [3.63, 3.8) is 0 Å². The Labute approximate surface area is 111 Å². The number of aromatic nitrogens is 1. The molecule has 0 spiro atoms. The molecule has 3 rings (SSSR count). The van der Waals surface area contributed by atoms with Crippen molar-refractivity contribution in [3.8, 4) is 0 Å². The number of halogens is 1. The molecule has 1 nitrogen and oxygen atoms in total. The normalized spacial score (nSPS) is 25.2. The average molecular weight is 266 g/mol. The Hall–Kier alpha value is -0.600. The predicted octanol–water partition coefficient (Wildman–Crippen LogP) is 4.64. The van der Waals surface area contributed by atoms with Crippen LogP contribution in [0.15, 0.2) is 24.3 Å². The quantitative estimate of drug-likeness (QED) is 0.721. The van der Waals surface area contributed by atoms with Crippen LogP contribution >= 0.6 is 22.9 Å². The van der Waals surface area contributed by atoms with Crippen LogP contribution in [-0.2, 0) is 6.42 Å². The van der Waals surface area contributed by atoms with Crippen LogP contribution in [0.2, 0.25) is 0 Å². The largest absolute Gasteiger partial charge is 0.241 e. The molecular weight excluding hydrogens is 250 g/mol. The molecule has 0 aliphatic heterocycles. The van der Waals surface area contributed by atoms with E-state index < -0.39 is 0 Å². The number of thiazole rings is 1. The fourth-order valence-electron chi connectivity index (χ4n) is 2.62. The first-order valence-electron chi connectivity index (χ1n) is 6.31. The number of hydrogen-bond acceptors (Lipinski definition) is 2. The first-order valence-corrected chi connectivity index (χ1v) is 7.57. The molecular formula is C14H16ClNS. The fraction of sp³-hybridized carbons (Fsp3) is 0.500. The Kier molecular flexibility index (Phi) is 3.34. The van der Waals surface area contributed by atoms with E-state index in [1.807, 2.05) is 11.3 Å². The maximum Gasteiger partial charge on any atom is 0.0941 e. The SMILES string of the molecule is ClC1CCCCC1Cc1nc2ccccc2s1. The van der Waals surface area contributed by atoms with Gasteiger partial charge in [0.05, 0.1) is 15.2 Å². The van der Waals surface area contributed by atoms with Crippen LogP contribution in [0, 0.1) is 5.92 Å². The topological polar surface area (TPSA) is 12.9 Å². The molecule has 17 heavy (non-hydrogen) atoms. The number of benzene rings is 1. The van der Waals surface area contributed by atoms with Gasteiger partial charge < -0.3 is 0 Å². The summed E-state index contributed by atoms with van der Waals surface area (Å²) in [7, 11) is 0. The third-order valence-electron chi connectivity index (χ3n) is 3.59. The van der Waals surface area contributed by atoms with Gasteiger partial charge in [-0.05, 0) is 30.9 Å². The highest BCUT2D eigenvalue weighted by Crippen LogP contribution is 2.33. The van der Waals surface area contributed by atoms with Gasteiger partial charge in [0.25, 0.3) is 0 Å². The van der Waals surface area contributed by atoms with Crippen LogP contribution in [0.4, 0.5) is 0 Å². The number of nitrogens with zero attached hydrogens (tertiary/aromatic N) is 1. The van der Waals surface area contributed by atoms with Crippen LogP contribution in [0.25, 0.3) is 10.2 Å². The van der Waals surface area contributed by atoms with Gasteiger partial charge in [-0.3, -0.25) is 0 Å². The van der Waals surface area contributed by atoms with Crippen molar-refractivity contribution in [1.82, 2.24) is 4.98 Å². The predicted molar refractivity (Wildman–Crippen MR) is 74.9 cm³/mol. The van der Waals surface area contributed by atoms with Gasteiger partial charge >= 0.3 is 0 Å². The summed E-state index contributed by atoms with van der Waals surface area (Å²) < 4.78 is 1.30. The highest BCUT2D eigenvalue weighted by Gasteiger charge is 2.24. The number of para-hydroxylation sites is 1. The number of alkyl halides is 1. The minimum atomic E-state index is 0.357. The average Bonchev–Trinajstić information content (AvgIpc) is 2.74. The molecule has 0 radical (unpaired) electrons. The molecule has 3 heteroatoms. The molecule has 1 saturated carbocycles. The Morgan fingerprint density at radius 2 is 2.06 bits per heavy atom. The van der Waals surface area contributed by atoms with E-state index in [1.165, 1.54) is 35.4 Å². The zero-order valence-corrected chi connectivity index (χ0v) is 11.3. The third kappa shape index (κ3) is 2.48. The molecule has 90 valence electrons. The van der Waals surface area contributed by atoms with Crippen LogP contribution in [-0.4, -0.2) is 10.4 Å². The molecule has 1 aliphatic carbocycles. The summed E-state index contributed by atoms with van der Waals surface area (Å²) in [5.41, 5.74) is 1.13. The van der Waals surface area contributed by atoms with Gasteiger partial charge in [0.15, 0.2) is 0 Å². The summed E-state index contributed by atoms with van der Waals surface area (Å²) in [4.78, 5) is 4.70. The van der Waals surface area contributed by atoms with Gasteiger partial charge in [-0.2, -0.15) is 0 Å². The van der Waals surface area contributed by atoms with E-state index in [9.17, 15) is 0 Å². The molecule has 1 heterocycles. The Morgan fingerprint density at radius 1 is 1.24 bits per heavy atom. The van der Waals surface area contributed by atoms with Gasteiger partial charge in [0, 0.05) is 11.8 Å². The lowest BCUT2D eigenvalue weighted by Gasteiger charge is -2.26. The minimum absolute atomic E-state index is 0.357. The molecule has 1 aromatic carbocycles. The zero-order valence-electron chi connectivity index (χ0n) is 9.73. The standard InChI is InChI=1S/C14H16ClNS/c15-11-6-2-1-5-10(11)9-14-16-12-7-3-4-8-13(12)17-14/h3-4,7-8,10-11H,1-2,5-6,9H2. The molecule has 0 amide bonds. The third-order valence-corrected chi connectivity index (χ3v) is 5.22. The van der Waals surface area contributed by atoms with Crippen molar-refractivity contribution in [1.29, 1.82) is 0 Å². The minimum Gasteiger partial charge on any atom is -0.241 e. The van der Waals surface area contributed by atoms with Crippen molar-refractivity contribution < 1.29 is 0 Å². The summed E-state index contributed by atoms with van der Waals surface area (Å²) in [6.45, 7) is 0. The van der Waals surface area contributed by atoms with Crippen molar-refractivity contribution >= 4 is 33.2 Å². The van der Waals surface area contributed by atoms with Crippen molar-refractivity contribution in [2.75, 3.05) is 0 Å². The van der Waals surface area contributed by atoms with Gasteiger partial charge in [0.1, 0.15) is 0 Å². The van der Waals surface area contributed by atoms with Gasteiger partial charge in [-0.25, -0.2) is 4.98 Å². The first kappa shape index (κ1) is 11.5. The molecule has 0 N–H and O–H groups in total. The second-order valence-corrected chi connectivity index (χ2v) is 6.52. The van der Waals surface area contributed by atoms with Crippen LogP contribution in [0.3, 0.4) is 0 Å². The Morgan fingerprint density at radius 3 is 2.88 bits per heavy atom. The van der Waals surface area contributed by atoms with Crippen LogP contribution in [0.5, 0.6) is 0 Å². The molecule has 0 saturated heterocycles. The van der Waals surface area contributed by atoms with E-state index in [2.05, 4.69) is 24.3 Å². The second-order valence-electron chi connectivity index (χ2n) is 4.84. The smallest absolute Gasteiger partial charge is 0.0941 e. The zero-order chi connectivity index (χ0) is 11.7. The number of rotatable bonds is 2. The van der Waals surface area contributed by atoms with E-state index in [1.54, 1.807) is 0 Å². The lowest BCUT2D eigenvalue weighted by Crippen LogP contribution is -2.21. The molecule has 2 aromatic rings. The Balaban J connectivity index is 1.79. The first-order chi connectivity index (χ1) is 8.33. The summed E-state index contributed by atoms with van der Waals surface area (Å²) >= 11 is 8.23. The van der Waals surface area contributed by atoms with Crippen LogP contribution in [0.1, 0.15) is 30.7 Å². The molecule has 1 fully saturated rings. The summed E-state index contributed by atoms with van der Waals surface area (Å²) in [6, 6.07) is 8.37. The summed E-state index contributed by atoms with van der Waals surface area (Å²) in [5, 5.41) is 1.61. The van der Waals surface area contributed by atoms with E-state index in [0.29, 0.717) is 11.3 Å².